The minimum absolute atomic E-state index is 0.0666. The molecule has 0 saturated carbocycles. The van der Waals surface area contributed by atoms with Crippen LogP contribution < -0.4 is 30.1 Å². The topological polar surface area (TPSA) is 189 Å². The van der Waals surface area contributed by atoms with E-state index in [1.807, 2.05) is 62.6 Å². The Bertz CT molecular complexity index is 2650. The molecule has 0 radical (unpaired) electrons. The van der Waals surface area contributed by atoms with E-state index >= 15 is 0 Å². The van der Waals surface area contributed by atoms with Gasteiger partial charge >= 0.3 is 0 Å². The number of nitro benzene ring substituents is 1. The van der Waals surface area contributed by atoms with E-state index in [2.05, 4.69) is 36.6 Å². The number of carbonyl (C=O) groups excluding carboxylic acids is 1. The number of amides is 1. The van der Waals surface area contributed by atoms with E-state index in [0.29, 0.717) is 62.5 Å². The van der Waals surface area contributed by atoms with Gasteiger partial charge < -0.3 is 40.0 Å². The number of halogens is 1. The monoisotopic (exact) mass is 895 g/mol. The Hall–Kier alpha value is -6.17. The van der Waals surface area contributed by atoms with Crippen molar-refractivity contribution >= 4 is 55.5 Å². The van der Waals surface area contributed by atoms with Gasteiger partial charge in [-0.1, -0.05) is 29.8 Å². The lowest BCUT2D eigenvalue weighted by Crippen LogP contribution is -2.31. The summed E-state index contributed by atoms with van der Waals surface area (Å²) >= 11 is 6.18. The zero-order valence-corrected chi connectivity index (χ0v) is 36.6. The maximum Gasteiger partial charge on any atom is 0.293 e. The average Bonchev–Trinajstić information content (AvgIpc) is 3.74. The maximum atomic E-state index is 13.8. The lowest BCUT2D eigenvalue weighted by atomic mass is 9.99. The first-order valence-corrected chi connectivity index (χ1v) is 22.5. The zero-order chi connectivity index (χ0) is 44.3. The smallest absolute Gasteiger partial charge is 0.293 e. The Labute approximate surface area is 371 Å². The summed E-state index contributed by atoms with van der Waals surface area (Å²) in [6.07, 6.45) is 3.43. The summed E-state index contributed by atoms with van der Waals surface area (Å²) in [6, 6.07) is 29.3. The largest absolute Gasteiger partial charge is 0.492 e. The van der Waals surface area contributed by atoms with Gasteiger partial charge in [0.2, 0.25) is 0 Å². The van der Waals surface area contributed by atoms with E-state index < -0.39 is 31.4 Å². The second kappa shape index (κ2) is 20.8. The summed E-state index contributed by atoms with van der Waals surface area (Å²) in [5.74, 6) is 0.574. The number of carbonyl (C=O) groups is 1. The van der Waals surface area contributed by atoms with Gasteiger partial charge in [-0.3, -0.25) is 14.9 Å². The van der Waals surface area contributed by atoms with Gasteiger partial charge in [-0.2, -0.15) is 0 Å². The summed E-state index contributed by atoms with van der Waals surface area (Å²) in [6.45, 7) is 4.65. The number of aromatic amines is 1. The first-order chi connectivity index (χ1) is 30.4. The highest BCUT2D eigenvalue weighted by atomic mass is 35.5. The number of benzene rings is 5. The van der Waals surface area contributed by atoms with E-state index in [4.69, 9.17) is 25.8 Å². The van der Waals surface area contributed by atoms with Crippen LogP contribution in [0.2, 0.25) is 5.02 Å². The number of sulfonamides is 1. The van der Waals surface area contributed by atoms with Gasteiger partial charge in [0.1, 0.15) is 29.5 Å². The predicted molar refractivity (Wildman–Crippen MR) is 246 cm³/mol. The highest BCUT2D eigenvalue weighted by molar-refractivity contribution is 7.90. The molecule has 5 N–H and O–H groups in total. The Morgan fingerprint density at radius 1 is 0.921 bits per heavy atom. The Morgan fingerprint density at radius 3 is 2.49 bits per heavy atom. The van der Waals surface area contributed by atoms with E-state index in [0.717, 1.165) is 58.8 Å². The van der Waals surface area contributed by atoms with Gasteiger partial charge in [-0.15, -0.1) is 0 Å². The number of hydrogen-bond donors (Lipinski definition) is 5. The Balaban J connectivity index is 1.05. The Kier molecular flexibility index (Phi) is 14.8. The summed E-state index contributed by atoms with van der Waals surface area (Å²) in [4.78, 5) is 30.0. The van der Waals surface area contributed by atoms with E-state index in [1.165, 1.54) is 18.2 Å². The van der Waals surface area contributed by atoms with Crippen molar-refractivity contribution in [2.24, 2.45) is 5.92 Å². The van der Waals surface area contributed by atoms with Crippen LogP contribution in [0.5, 0.6) is 17.2 Å². The molecule has 6 aromatic rings. The van der Waals surface area contributed by atoms with Crippen LogP contribution in [0.3, 0.4) is 0 Å². The van der Waals surface area contributed by atoms with Crippen molar-refractivity contribution in [2.75, 3.05) is 70.7 Å². The standard InChI is InChI=1S/C46H50ClN7O8S/c1-53(2)21-24-61-37-8-12-40(32-3-5-35(47)6-4-32)34(26-37)30-48-19-20-49-36-7-11-41(45(27-36)62-38-9-13-42-33(25-38)15-18-50-42)46(55)52-63(58,59)39-10-14-43(44(28-39)54(56)57)51-29-31-16-22-60-23-17-31/h3-15,18,25-28,31,48-51H,16-17,19-24,29-30H2,1-2H3,(H,52,55). The van der Waals surface area contributed by atoms with Gasteiger partial charge in [0.25, 0.3) is 21.6 Å². The molecule has 17 heteroatoms. The quantitative estimate of drug-likeness (QED) is 0.0281. The SMILES string of the molecule is CN(C)CCOc1ccc(-c2ccc(Cl)cc2)c(CNCCNc2ccc(C(=O)NS(=O)(=O)c3ccc(NCC4CCOCC4)c([N+](=O)[O-])c3)c(Oc3ccc4[nH]ccc4c3)c2)c1. The highest BCUT2D eigenvalue weighted by Gasteiger charge is 2.26. The van der Waals surface area contributed by atoms with Crippen LogP contribution in [0.25, 0.3) is 22.0 Å². The van der Waals surface area contributed by atoms with Crippen LogP contribution in [0, 0.1) is 16.0 Å². The molecule has 1 amide bonds. The highest BCUT2D eigenvalue weighted by Crippen LogP contribution is 2.33. The van der Waals surface area contributed by atoms with Crippen molar-refractivity contribution in [3.05, 3.63) is 136 Å². The Morgan fingerprint density at radius 2 is 1.71 bits per heavy atom. The van der Waals surface area contributed by atoms with Gasteiger partial charge in [0, 0.05) is 85.9 Å². The molecule has 0 unspecified atom stereocenters. The van der Waals surface area contributed by atoms with Crippen molar-refractivity contribution in [1.82, 2.24) is 19.9 Å². The molecule has 0 bridgehead atoms. The molecule has 0 atom stereocenters. The van der Waals surface area contributed by atoms with Crippen molar-refractivity contribution in [3.63, 3.8) is 0 Å². The number of nitro groups is 1. The summed E-state index contributed by atoms with van der Waals surface area (Å²) < 4.78 is 47.0. The third-order valence-corrected chi connectivity index (χ3v) is 12.2. The fraction of sp³-hybridized carbons (Fsp3) is 0.283. The molecule has 330 valence electrons. The molecule has 0 spiro atoms. The number of nitrogens with zero attached hydrogens (tertiary/aromatic N) is 2. The number of rotatable bonds is 20. The fourth-order valence-electron chi connectivity index (χ4n) is 7.13. The number of fused-ring (bicyclic) bond motifs is 1. The molecular formula is C46H50ClN7O8S. The van der Waals surface area contributed by atoms with Crippen molar-refractivity contribution < 1.29 is 32.3 Å². The number of H-pyrrole nitrogens is 1. The molecule has 1 aliphatic rings. The minimum atomic E-state index is -4.56. The number of likely N-dealkylation sites (N-methyl/N-ethyl adjacent to an activating group) is 1. The maximum absolute atomic E-state index is 13.8. The summed E-state index contributed by atoms with van der Waals surface area (Å²) in [5.41, 5.74) is 4.33. The van der Waals surface area contributed by atoms with Crippen LogP contribution in [0.15, 0.2) is 114 Å². The van der Waals surface area contributed by atoms with Crippen LogP contribution in [0.1, 0.15) is 28.8 Å². The van der Waals surface area contributed by atoms with Gasteiger partial charge in [0.05, 0.1) is 15.4 Å². The van der Waals surface area contributed by atoms with Crippen LogP contribution in [0.4, 0.5) is 17.1 Å². The van der Waals surface area contributed by atoms with Gasteiger partial charge in [-0.25, -0.2) is 13.1 Å². The first-order valence-electron chi connectivity index (χ1n) is 20.6. The molecule has 1 aromatic heterocycles. The second-order valence-electron chi connectivity index (χ2n) is 15.4. The molecule has 15 nitrogen and oxygen atoms in total. The molecule has 63 heavy (non-hydrogen) atoms. The number of nitrogens with one attached hydrogen (secondary N) is 5. The third kappa shape index (κ3) is 12.1. The normalized spacial score (nSPS) is 13.2. The molecule has 1 saturated heterocycles. The van der Waals surface area contributed by atoms with Crippen LogP contribution in [-0.4, -0.2) is 89.2 Å². The number of anilines is 2. The predicted octanol–water partition coefficient (Wildman–Crippen LogP) is 8.29. The lowest BCUT2D eigenvalue weighted by molar-refractivity contribution is -0.384. The molecular weight excluding hydrogens is 846 g/mol. The number of hydrogen-bond acceptors (Lipinski definition) is 12. The minimum Gasteiger partial charge on any atom is -0.492 e. The first kappa shape index (κ1) is 44.9. The van der Waals surface area contributed by atoms with Crippen LogP contribution >= 0.6 is 11.6 Å². The molecule has 2 heterocycles. The molecule has 0 aliphatic carbocycles. The average molecular weight is 896 g/mol. The number of ether oxygens (including phenoxy) is 3. The van der Waals surface area contributed by atoms with Crippen molar-refractivity contribution in [1.29, 1.82) is 0 Å². The van der Waals surface area contributed by atoms with Crippen molar-refractivity contribution in [3.8, 4) is 28.4 Å². The van der Waals surface area contributed by atoms with E-state index in [9.17, 15) is 23.3 Å². The van der Waals surface area contributed by atoms with Crippen molar-refractivity contribution in [2.45, 2.75) is 24.3 Å². The van der Waals surface area contributed by atoms with Gasteiger partial charge in [0.15, 0.2) is 0 Å². The third-order valence-electron chi connectivity index (χ3n) is 10.6. The lowest BCUT2D eigenvalue weighted by Gasteiger charge is -2.22. The van der Waals surface area contributed by atoms with Gasteiger partial charge in [-0.05, 0) is 122 Å². The van der Waals surface area contributed by atoms with Crippen LogP contribution in [-0.2, 0) is 21.3 Å². The molecule has 7 rings (SSSR count). The molecule has 1 fully saturated rings. The summed E-state index contributed by atoms with van der Waals surface area (Å²) in [7, 11) is -0.562. The zero-order valence-electron chi connectivity index (χ0n) is 35.0. The van der Waals surface area contributed by atoms with E-state index in [-0.39, 0.29) is 22.9 Å². The molecule has 1 aliphatic heterocycles. The second-order valence-corrected chi connectivity index (χ2v) is 17.5. The van der Waals surface area contributed by atoms with E-state index in [1.54, 1.807) is 30.5 Å². The molecule has 5 aromatic carbocycles. The fourth-order valence-corrected chi connectivity index (χ4v) is 8.24. The summed E-state index contributed by atoms with van der Waals surface area (Å²) in [5, 5.41) is 23.5. The number of aromatic nitrogens is 1.